The zero-order valence-corrected chi connectivity index (χ0v) is 22.9. The molecule has 2 aliphatic heterocycles. The van der Waals surface area contributed by atoms with Crippen molar-refractivity contribution in [3.05, 3.63) is 35.4 Å². The number of fused-ring (bicyclic) bond motifs is 1. The molecule has 2 saturated heterocycles. The van der Waals surface area contributed by atoms with E-state index in [2.05, 4.69) is 23.5 Å². The molecule has 0 saturated carbocycles. The summed E-state index contributed by atoms with van der Waals surface area (Å²) in [4.78, 5) is 0. The van der Waals surface area contributed by atoms with Crippen LogP contribution in [0.25, 0.3) is 10.8 Å². The lowest BCUT2D eigenvalue weighted by Gasteiger charge is -2.32. The Morgan fingerprint density at radius 1 is 0.639 bits per heavy atom. The first-order valence-electron chi connectivity index (χ1n) is 12.1. The van der Waals surface area contributed by atoms with Gasteiger partial charge in [-0.1, -0.05) is 23.5 Å². The minimum Gasteiger partial charge on any atom is -0.497 e. The Hall–Kier alpha value is -2.61. The zero-order chi connectivity index (χ0) is 26.5. The molecule has 0 amide bonds. The van der Waals surface area contributed by atoms with Crippen LogP contribution in [0.2, 0.25) is 0 Å². The van der Waals surface area contributed by atoms with E-state index in [1.165, 1.54) is 0 Å². The van der Waals surface area contributed by atoms with Crippen LogP contribution in [0.4, 0.5) is 0 Å². The summed E-state index contributed by atoms with van der Waals surface area (Å²) < 4.78 is 35.4. The van der Waals surface area contributed by atoms with Crippen LogP contribution >= 0.6 is 0 Å². The monoisotopic (exact) mass is 488 g/mol. The van der Waals surface area contributed by atoms with Gasteiger partial charge in [0.15, 0.2) is 0 Å². The van der Waals surface area contributed by atoms with Crippen LogP contribution in [-0.2, 0) is 18.6 Å². The maximum absolute atomic E-state index is 6.05. The third-order valence-corrected chi connectivity index (χ3v) is 7.67. The summed E-state index contributed by atoms with van der Waals surface area (Å²) in [5, 5.41) is 1.77. The Morgan fingerprint density at radius 2 is 1.14 bits per heavy atom. The van der Waals surface area contributed by atoms with Crippen LogP contribution in [0, 0.1) is 23.5 Å². The minimum absolute atomic E-state index is 0.456. The van der Waals surface area contributed by atoms with Crippen LogP contribution < -0.4 is 9.47 Å². The molecule has 2 aromatic carbocycles. The lowest BCUT2D eigenvalue weighted by molar-refractivity contribution is 0.00578. The normalized spacial score (nSPS) is 20.9. The van der Waals surface area contributed by atoms with Crippen molar-refractivity contribution >= 4 is 25.0 Å². The maximum Gasteiger partial charge on any atom is 0.551 e. The van der Waals surface area contributed by atoms with Crippen LogP contribution in [0.15, 0.2) is 24.3 Å². The summed E-state index contributed by atoms with van der Waals surface area (Å²) in [7, 11) is 1.98. The van der Waals surface area contributed by atoms with E-state index in [9.17, 15) is 0 Å². The van der Waals surface area contributed by atoms with Gasteiger partial charge in [0.05, 0.1) is 42.2 Å². The van der Waals surface area contributed by atoms with Crippen molar-refractivity contribution in [2.45, 2.75) is 77.8 Å². The Kier molecular flexibility index (Phi) is 6.65. The van der Waals surface area contributed by atoms with E-state index in [1.807, 2.05) is 79.7 Å². The van der Waals surface area contributed by atoms with E-state index in [0.29, 0.717) is 5.75 Å². The first-order chi connectivity index (χ1) is 16.7. The molecular weight excluding hydrogens is 454 g/mol. The Bertz CT molecular complexity index is 1270. The molecule has 2 aliphatic rings. The van der Waals surface area contributed by atoms with E-state index in [4.69, 9.17) is 28.1 Å². The average molecular weight is 488 g/mol. The molecule has 0 radical (unpaired) electrons. The van der Waals surface area contributed by atoms with E-state index in [0.717, 1.165) is 27.6 Å². The molecule has 0 aliphatic carbocycles. The summed E-state index contributed by atoms with van der Waals surface area (Å²) in [5.41, 5.74) is -0.343. The second-order valence-electron chi connectivity index (χ2n) is 11.1. The largest absolute Gasteiger partial charge is 0.551 e. The van der Waals surface area contributed by atoms with Gasteiger partial charge >= 0.3 is 14.2 Å². The summed E-state index contributed by atoms with van der Waals surface area (Å²) in [6, 6.07) is 7.69. The first-order valence-corrected chi connectivity index (χ1v) is 12.1. The fraction of sp³-hybridized carbons (Fsp3) is 0.500. The fourth-order valence-electron chi connectivity index (χ4n) is 3.97. The van der Waals surface area contributed by atoms with Gasteiger partial charge < -0.3 is 28.1 Å². The fourth-order valence-corrected chi connectivity index (χ4v) is 3.97. The molecule has 0 aromatic heterocycles. The highest BCUT2D eigenvalue weighted by molar-refractivity contribution is 6.56. The summed E-state index contributed by atoms with van der Waals surface area (Å²) in [5.74, 6) is 14.1. The number of hydrogen-bond acceptors (Lipinski definition) is 6. The second-order valence-corrected chi connectivity index (χ2v) is 11.1. The van der Waals surface area contributed by atoms with E-state index in [1.54, 1.807) is 14.2 Å². The van der Waals surface area contributed by atoms with Gasteiger partial charge in [0.2, 0.25) is 0 Å². The molecule has 8 heteroatoms. The molecule has 0 bridgehead atoms. The van der Waals surface area contributed by atoms with Crippen LogP contribution in [-0.4, -0.2) is 50.9 Å². The van der Waals surface area contributed by atoms with Gasteiger partial charge in [-0.3, -0.25) is 0 Å². The van der Waals surface area contributed by atoms with Gasteiger partial charge in [-0.05, 0) is 79.7 Å². The Morgan fingerprint density at radius 3 is 1.61 bits per heavy atom. The Labute approximate surface area is 215 Å². The van der Waals surface area contributed by atoms with E-state index >= 15 is 0 Å². The molecule has 0 N–H and O–H groups in total. The smallest absolute Gasteiger partial charge is 0.497 e. The molecule has 6 nitrogen and oxygen atoms in total. The number of ether oxygens (including phenoxy) is 2. The van der Waals surface area contributed by atoms with Gasteiger partial charge in [0.1, 0.15) is 11.5 Å². The van der Waals surface area contributed by atoms with Crippen LogP contribution in [0.1, 0.15) is 66.5 Å². The third kappa shape index (κ3) is 4.72. The molecule has 0 atom stereocenters. The minimum atomic E-state index is -0.643. The standard InChI is InChI=1S/C28H34B2O6/c1-25(2)26(3,4)34-29(33-25)15-13-19-17-24(32-10)22(21-12-11-20(31-9)18-23(19)21)14-16-30-35-27(5,6)28(7,8)36-30/h11-12,17-18H,1-10H3. The zero-order valence-electron chi connectivity index (χ0n) is 22.9. The predicted molar refractivity (Wildman–Crippen MR) is 143 cm³/mol. The Balaban J connectivity index is 1.78. The van der Waals surface area contributed by atoms with Crippen molar-refractivity contribution < 1.29 is 28.1 Å². The second kappa shape index (κ2) is 9.05. The molecule has 2 heterocycles. The van der Waals surface area contributed by atoms with E-state index in [-0.39, 0.29) is 0 Å². The maximum atomic E-state index is 6.05. The number of methoxy groups -OCH3 is 2. The molecule has 0 spiro atoms. The third-order valence-electron chi connectivity index (χ3n) is 7.67. The lowest BCUT2D eigenvalue weighted by atomic mass is 9.89. The van der Waals surface area contributed by atoms with Crippen molar-refractivity contribution in [3.8, 4) is 35.0 Å². The van der Waals surface area contributed by atoms with Gasteiger partial charge in [-0.25, -0.2) is 0 Å². The van der Waals surface area contributed by atoms with Gasteiger partial charge in [-0.2, -0.15) is 0 Å². The van der Waals surface area contributed by atoms with Crippen molar-refractivity contribution in [1.29, 1.82) is 0 Å². The highest BCUT2D eigenvalue weighted by Crippen LogP contribution is 2.38. The SMILES string of the molecule is COc1ccc2c(C#CB3OC(C)(C)C(C)(C)O3)c(OC)cc(C#CB3OC(C)(C)C(C)(C)O3)c2c1. The highest BCUT2D eigenvalue weighted by Gasteiger charge is 2.51. The summed E-state index contributed by atoms with van der Waals surface area (Å²) in [6.45, 7) is 16.0. The molecule has 188 valence electrons. The van der Waals surface area contributed by atoms with Crippen molar-refractivity contribution in [1.82, 2.24) is 0 Å². The molecule has 2 aromatic rings. The van der Waals surface area contributed by atoms with Gasteiger partial charge in [-0.15, -0.1) is 0 Å². The van der Waals surface area contributed by atoms with Crippen molar-refractivity contribution in [2.24, 2.45) is 0 Å². The molecular formula is C28H34B2O6. The van der Waals surface area contributed by atoms with Gasteiger partial charge in [0.25, 0.3) is 0 Å². The molecule has 0 unspecified atom stereocenters. The van der Waals surface area contributed by atoms with Crippen LogP contribution in [0.3, 0.4) is 0 Å². The summed E-state index contributed by atoms with van der Waals surface area (Å²) >= 11 is 0. The number of hydrogen-bond donors (Lipinski definition) is 0. The van der Waals surface area contributed by atoms with Crippen LogP contribution in [0.5, 0.6) is 11.5 Å². The molecule has 4 rings (SSSR count). The average Bonchev–Trinajstić information content (AvgIpc) is 3.13. The van der Waals surface area contributed by atoms with E-state index < -0.39 is 36.6 Å². The van der Waals surface area contributed by atoms with Gasteiger partial charge in [0, 0.05) is 16.3 Å². The summed E-state index contributed by atoms with van der Waals surface area (Å²) in [6.07, 6.45) is 0. The quantitative estimate of drug-likeness (QED) is 0.447. The molecule has 2 fully saturated rings. The number of benzene rings is 2. The highest BCUT2D eigenvalue weighted by atomic mass is 16.7. The van der Waals surface area contributed by atoms with Crippen molar-refractivity contribution in [2.75, 3.05) is 14.2 Å². The lowest BCUT2D eigenvalue weighted by Crippen LogP contribution is -2.41. The first kappa shape index (κ1) is 26.5. The number of rotatable bonds is 2. The molecule has 36 heavy (non-hydrogen) atoms. The topological polar surface area (TPSA) is 55.4 Å². The predicted octanol–water partition coefficient (Wildman–Crippen LogP) is 4.82. The van der Waals surface area contributed by atoms with Crippen molar-refractivity contribution in [3.63, 3.8) is 0 Å².